The van der Waals surface area contributed by atoms with Crippen LogP contribution in [-0.2, 0) is 6.54 Å². The van der Waals surface area contributed by atoms with Crippen molar-refractivity contribution in [3.05, 3.63) is 47.7 Å². The quantitative estimate of drug-likeness (QED) is 0.748. The highest BCUT2D eigenvalue weighted by Crippen LogP contribution is 2.32. The highest BCUT2D eigenvalue weighted by atomic mass is 16.7. The second-order valence-corrected chi connectivity index (χ2v) is 7.33. The summed E-state index contributed by atoms with van der Waals surface area (Å²) in [6.45, 7) is 10.3. The van der Waals surface area contributed by atoms with Crippen molar-refractivity contribution in [2.45, 2.75) is 20.4 Å². The number of carbonyl (C=O) groups excluding carboxylic acids is 1. The molecule has 154 valence electrons. The second-order valence-electron chi connectivity index (χ2n) is 7.33. The monoisotopic (exact) mass is 396 g/mol. The molecule has 2 aliphatic heterocycles. The lowest BCUT2D eigenvalue weighted by atomic mass is 10.1. The van der Waals surface area contributed by atoms with Gasteiger partial charge < -0.3 is 19.3 Å². The Hall–Kier alpha value is -2.80. The van der Waals surface area contributed by atoms with Crippen molar-refractivity contribution in [1.82, 2.24) is 14.8 Å². The Morgan fingerprint density at radius 2 is 1.79 bits per heavy atom. The number of ether oxygens (including phenoxy) is 2. The normalized spacial score (nSPS) is 16.1. The molecule has 2 aliphatic rings. The van der Waals surface area contributed by atoms with Crippen LogP contribution in [0.4, 0.5) is 5.82 Å². The predicted molar refractivity (Wildman–Crippen MR) is 112 cm³/mol. The van der Waals surface area contributed by atoms with Crippen LogP contribution in [0.1, 0.15) is 29.8 Å². The molecule has 29 heavy (non-hydrogen) atoms. The number of carbonyl (C=O) groups is 1. The van der Waals surface area contributed by atoms with Crippen LogP contribution in [0.15, 0.2) is 36.5 Å². The average Bonchev–Trinajstić information content (AvgIpc) is 3.23. The minimum Gasteiger partial charge on any atom is -0.454 e. The van der Waals surface area contributed by atoms with E-state index >= 15 is 0 Å². The number of pyridine rings is 1. The number of aromatic nitrogens is 1. The third kappa shape index (κ3) is 4.29. The Labute approximate surface area is 171 Å². The fourth-order valence-electron chi connectivity index (χ4n) is 3.84. The van der Waals surface area contributed by atoms with Gasteiger partial charge in [-0.1, -0.05) is 6.07 Å². The van der Waals surface area contributed by atoms with Gasteiger partial charge >= 0.3 is 0 Å². The van der Waals surface area contributed by atoms with Gasteiger partial charge in [0, 0.05) is 52.0 Å². The number of fused-ring (bicyclic) bond motifs is 1. The van der Waals surface area contributed by atoms with E-state index < -0.39 is 0 Å². The summed E-state index contributed by atoms with van der Waals surface area (Å²) >= 11 is 0. The van der Waals surface area contributed by atoms with Crippen molar-refractivity contribution in [2.24, 2.45) is 0 Å². The molecule has 4 rings (SSSR count). The fourth-order valence-corrected chi connectivity index (χ4v) is 3.84. The summed E-state index contributed by atoms with van der Waals surface area (Å²) in [6.07, 6.45) is 1.70. The van der Waals surface area contributed by atoms with Gasteiger partial charge in [0.15, 0.2) is 11.5 Å². The number of rotatable bonds is 6. The van der Waals surface area contributed by atoms with Crippen molar-refractivity contribution in [1.29, 1.82) is 0 Å². The summed E-state index contributed by atoms with van der Waals surface area (Å²) in [7, 11) is 0. The molecule has 1 fully saturated rings. The maximum absolute atomic E-state index is 12.8. The molecule has 1 aromatic carbocycles. The third-order valence-electron chi connectivity index (χ3n) is 5.58. The molecule has 7 nitrogen and oxygen atoms in total. The number of anilines is 1. The molecule has 3 heterocycles. The molecule has 0 aliphatic carbocycles. The van der Waals surface area contributed by atoms with Gasteiger partial charge in [-0.05, 0) is 43.7 Å². The first-order valence-corrected chi connectivity index (χ1v) is 10.3. The van der Waals surface area contributed by atoms with E-state index in [1.807, 2.05) is 29.2 Å². The molecule has 0 bridgehead atoms. The number of amides is 1. The Morgan fingerprint density at radius 3 is 2.48 bits per heavy atom. The molecule has 7 heteroatoms. The van der Waals surface area contributed by atoms with E-state index in [0.29, 0.717) is 12.4 Å². The smallest absolute Gasteiger partial charge is 0.255 e. The van der Waals surface area contributed by atoms with E-state index in [1.165, 1.54) is 5.56 Å². The average molecular weight is 396 g/mol. The fraction of sp³-hybridized carbons (Fsp3) is 0.455. The van der Waals surface area contributed by atoms with Crippen LogP contribution in [0, 0.1) is 0 Å². The standard InChI is InChI=1S/C22H28N4O3/c1-3-25(4-2)21-8-6-18(14-23-21)22(27)26-11-9-24(10-12-26)15-17-5-7-19-20(13-17)29-16-28-19/h5-8,13-14H,3-4,9-12,15-16H2,1-2H3. The summed E-state index contributed by atoms with van der Waals surface area (Å²) in [5.41, 5.74) is 1.86. The van der Waals surface area contributed by atoms with Crippen LogP contribution in [0.5, 0.6) is 11.5 Å². The first-order chi connectivity index (χ1) is 14.2. The molecule has 0 atom stereocenters. The third-order valence-corrected chi connectivity index (χ3v) is 5.58. The Bertz CT molecular complexity index is 844. The number of piperazine rings is 1. The van der Waals surface area contributed by atoms with Gasteiger partial charge in [-0.15, -0.1) is 0 Å². The first-order valence-electron chi connectivity index (χ1n) is 10.3. The van der Waals surface area contributed by atoms with Crippen LogP contribution in [0.2, 0.25) is 0 Å². The van der Waals surface area contributed by atoms with Crippen molar-refractivity contribution in [2.75, 3.05) is 51.0 Å². The number of hydrogen-bond donors (Lipinski definition) is 0. The molecule has 0 spiro atoms. The summed E-state index contributed by atoms with van der Waals surface area (Å²) in [5, 5.41) is 0. The van der Waals surface area contributed by atoms with Crippen LogP contribution in [0.3, 0.4) is 0 Å². The van der Waals surface area contributed by atoms with Gasteiger partial charge in [0.25, 0.3) is 5.91 Å². The topological polar surface area (TPSA) is 58.1 Å². The van der Waals surface area contributed by atoms with Gasteiger partial charge in [0.05, 0.1) is 5.56 Å². The minimum atomic E-state index is 0.0614. The van der Waals surface area contributed by atoms with Crippen molar-refractivity contribution in [3.8, 4) is 11.5 Å². The molecule has 1 aromatic heterocycles. The highest BCUT2D eigenvalue weighted by Gasteiger charge is 2.23. The van der Waals surface area contributed by atoms with E-state index in [-0.39, 0.29) is 5.91 Å². The zero-order chi connectivity index (χ0) is 20.2. The molecule has 0 N–H and O–H groups in total. The summed E-state index contributed by atoms with van der Waals surface area (Å²) in [4.78, 5) is 23.8. The zero-order valence-electron chi connectivity index (χ0n) is 17.1. The van der Waals surface area contributed by atoms with E-state index in [1.54, 1.807) is 6.20 Å². The molecule has 1 amide bonds. The lowest BCUT2D eigenvalue weighted by Gasteiger charge is -2.34. The van der Waals surface area contributed by atoms with Crippen molar-refractivity contribution >= 4 is 11.7 Å². The van der Waals surface area contributed by atoms with Gasteiger partial charge in [-0.25, -0.2) is 4.98 Å². The minimum absolute atomic E-state index is 0.0614. The molecule has 0 unspecified atom stereocenters. The summed E-state index contributed by atoms with van der Waals surface area (Å²) < 4.78 is 10.8. The molecule has 0 radical (unpaired) electrons. The van der Waals surface area contributed by atoms with E-state index in [0.717, 1.165) is 63.1 Å². The van der Waals surface area contributed by atoms with E-state index in [4.69, 9.17) is 9.47 Å². The van der Waals surface area contributed by atoms with Crippen LogP contribution < -0.4 is 14.4 Å². The number of benzene rings is 1. The first kappa shape index (κ1) is 19.5. The number of hydrogen-bond acceptors (Lipinski definition) is 6. The zero-order valence-corrected chi connectivity index (χ0v) is 17.1. The Kier molecular flexibility index (Phi) is 5.85. The predicted octanol–water partition coefficient (Wildman–Crippen LogP) is 2.61. The summed E-state index contributed by atoms with van der Waals surface area (Å²) in [5.74, 6) is 2.60. The van der Waals surface area contributed by atoms with Gasteiger partial charge in [0.2, 0.25) is 6.79 Å². The maximum Gasteiger partial charge on any atom is 0.255 e. The van der Waals surface area contributed by atoms with Crippen molar-refractivity contribution < 1.29 is 14.3 Å². The van der Waals surface area contributed by atoms with Crippen LogP contribution >= 0.6 is 0 Å². The SMILES string of the molecule is CCN(CC)c1ccc(C(=O)N2CCN(Cc3ccc4c(c3)OCO4)CC2)cn1. The highest BCUT2D eigenvalue weighted by molar-refractivity contribution is 5.94. The van der Waals surface area contributed by atoms with E-state index in [9.17, 15) is 4.79 Å². The molecule has 0 saturated carbocycles. The lowest BCUT2D eigenvalue weighted by molar-refractivity contribution is 0.0628. The molecule has 2 aromatic rings. The van der Waals surface area contributed by atoms with Crippen LogP contribution in [-0.4, -0.2) is 66.8 Å². The van der Waals surface area contributed by atoms with Gasteiger partial charge in [0.1, 0.15) is 5.82 Å². The lowest BCUT2D eigenvalue weighted by Crippen LogP contribution is -2.48. The van der Waals surface area contributed by atoms with Gasteiger partial charge in [-0.3, -0.25) is 9.69 Å². The molecular formula is C22H28N4O3. The molecule has 1 saturated heterocycles. The molecular weight excluding hydrogens is 368 g/mol. The number of nitrogens with zero attached hydrogens (tertiary/aromatic N) is 4. The Morgan fingerprint density at radius 1 is 1.03 bits per heavy atom. The second kappa shape index (κ2) is 8.69. The Balaban J connectivity index is 1.31. The largest absolute Gasteiger partial charge is 0.454 e. The maximum atomic E-state index is 12.8. The summed E-state index contributed by atoms with van der Waals surface area (Å²) in [6, 6.07) is 9.92. The van der Waals surface area contributed by atoms with E-state index in [2.05, 4.69) is 34.7 Å². The van der Waals surface area contributed by atoms with Gasteiger partial charge in [-0.2, -0.15) is 0 Å². The van der Waals surface area contributed by atoms with Crippen LogP contribution in [0.25, 0.3) is 0 Å². The van der Waals surface area contributed by atoms with Crippen molar-refractivity contribution in [3.63, 3.8) is 0 Å².